The Morgan fingerprint density at radius 3 is 1.24 bits per heavy atom. The molecule has 0 radical (unpaired) electrons. The molecule has 0 spiro atoms. The maximum Gasteiger partial charge on any atom is 0.238 e. The van der Waals surface area contributed by atoms with E-state index < -0.39 is 0 Å². The van der Waals surface area contributed by atoms with Crippen molar-refractivity contribution < 1.29 is 0 Å². The zero-order chi connectivity index (χ0) is 45.9. The fourth-order valence-electron chi connectivity index (χ4n) is 11.3. The first-order chi connectivity index (χ1) is 34.8. The van der Waals surface area contributed by atoms with Crippen molar-refractivity contribution in [3.8, 4) is 45.8 Å². The molecule has 0 N–H and O–H groups in total. The van der Waals surface area contributed by atoms with Crippen LogP contribution in [0.4, 0.5) is 0 Å². The Labute approximate surface area is 401 Å². The molecule has 5 aromatic heterocycles. The van der Waals surface area contributed by atoms with Gasteiger partial charge in [0.05, 0.1) is 49.8 Å². The molecule has 15 rings (SSSR count). The summed E-state index contributed by atoms with van der Waals surface area (Å²) in [5, 5.41) is 9.40. The molecule has 7 heteroatoms. The molecule has 7 nitrogen and oxygen atoms in total. The first-order valence-corrected chi connectivity index (χ1v) is 23.7. The third-order valence-corrected chi connectivity index (χ3v) is 14.2. The second-order valence-electron chi connectivity index (χ2n) is 18.0. The summed E-state index contributed by atoms with van der Waals surface area (Å²) >= 11 is 0. The van der Waals surface area contributed by atoms with Crippen molar-refractivity contribution in [2.75, 3.05) is 0 Å². The lowest BCUT2D eigenvalue weighted by atomic mass is 10.0. The van der Waals surface area contributed by atoms with Crippen molar-refractivity contribution in [3.05, 3.63) is 237 Å². The molecule has 10 aromatic carbocycles. The molecule has 0 saturated carbocycles. The van der Waals surface area contributed by atoms with Crippen molar-refractivity contribution in [2.45, 2.75) is 0 Å². The number of hydrogen-bond donors (Lipinski definition) is 0. The highest BCUT2D eigenvalue weighted by Crippen LogP contribution is 2.46. The second kappa shape index (κ2) is 15.0. The molecular formula is C63H39N7. The van der Waals surface area contributed by atoms with Crippen LogP contribution in [0.25, 0.3) is 133 Å². The number of benzene rings is 10. The van der Waals surface area contributed by atoms with Crippen LogP contribution in [0, 0.1) is 0 Å². The number of nitrogens with zero attached hydrogens (tertiary/aromatic N) is 7. The molecule has 0 atom stereocenters. The zero-order valence-corrected chi connectivity index (χ0v) is 37.6. The van der Waals surface area contributed by atoms with Crippen molar-refractivity contribution in [1.82, 2.24) is 33.2 Å². The molecular weight excluding hydrogens is 855 g/mol. The fraction of sp³-hybridized carbons (Fsp3) is 0. The number of hydrogen-bond acceptors (Lipinski definition) is 3. The molecule has 0 unspecified atom stereocenters. The van der Waals surface area contributed by atoms with E-state index in [4.69, 9.17) is 15.0 Å². The fourth-order valence-corrected chi connectivity index (χ4v) is 11.3. The van der Waals surface area contributed by atoms with E-state index in [-0.39, 0.29) is 0 Å². The van der Waals surface area contributed by atoms with Gasteiger partial charge >= 0.3 is 0 Å². The summed E-state index contributed by atoms with van der Waals surface area (Å²) in [7, 11) is 0. The van der Waals surface area contributed by atoms with Crippen LogP contribution >= 0.6 is 0 Å². The molecule has 0 aliphatic carbocycles. The van der Waals surface area contributed by atoms with E-state index in [9.17, 15) is 0 Å². The van der Waals surface area contributed by atoms with Gasteiger partial charge in [-0.2, -0.15) is 9.97 Å². The summed E-state index contributed by atoms with van der Waals surface area (Å²) in [6.45, 7) is 0. The van der Waals surface area contributed by atoms with Crippen LogP contribution in [0.2, 0.25) is 0 Å². The van der Waals surface area contributed by atoms with Gasteiger partial charge in [0, 0.05) is 65.6 Å². The molecule has 0 bridgehead atoms. The molecule has 326 valence electrons. The van der Waals surface area contributed by atoms with Gasteiger partial charge in [0.15, 0.2) is 11.6 Å². The quantitative estimate of drug-likeness (QED) is 0.167. The van der Waals surface area contributed by atoms with Gasteiger partial charge in [-0.15, -0.1) is 0 Å². The Balaban J connectivity index is 1.08. The molecule has 70 heavy (non-hydrogen) atoms. The number of aromatic nitrogens is 7. The Bertz CT molecular complexity index is 4490. The van der Waals surface area contributed by atoms with Crippen LogP contribution in [0.5, 0.6) is 0 Å². The summed E-state index contributed by atoms with van der Waals surface area (Å²) in [4.78, 5) is 16.3. The highest BCUT2D eigenvalue weighted by atomic mass is 15.2. The summed E-state index contributed by atoms with van der Waals surface area (Å²) in [6.07, 6.45) is 0. The molecule has 0 aliphatic rings. The van der Waals surface area contributed by atoms with Gasteiger partial charge in [-0.3, -0.25) is 4.57 Å². The molecule has 0 amide bonds. The summed E-state index contributed by atoms with van der Waals surface area (Å²) in [6, 6.07) is 84.3. The van der Waals surface area contributed by atoms with E-state index in [0.29, 0.717) is 17.6 Å². The monoisotopic (exact) mass is 893 g/mol. The van der Waals surface area contributed by atoms with Crippen molar-refractivity contribution in [3.63, 3.8) is 0 Å². The lowest BCUT2D eigenvalue weighted by Gasteiger charge is -2.15. The predicted octanol–water partition coefficient (Wildman–Crippen LogP) is 15.6. The van der Waals surface area contributed by atoms with Crippen LogP contribution in [0.1, 0.15) is 0 Å². The molecule has 0 saturated heterocycles. The third-order valence-electron chi connectivity index (χ3n) is 14.2. The van der Waals surface area contributed by atoms with Crippen LogP contribution in [0.3, 0.4) is 0 Å². The van der Waals surface area contributed by atoms with Crippen LogP contribution < -0.4 is 0 Å². The van der Waals surface area contributed by atoms with Gasteiger partial charge in [-0.05, 0) is 66.7 Å². The van der Waals surface area contributed by atoms with Gasteiger partial charge in [0.2, 0.25) is 5.95 Å². The van der Waals surface area contributed by atoms with Gasteiger partial charge in [-0.25, -0.2) is 4.98 Å². The number of fused-ring (bicyclic) bond motifs is 13. The van der Waals surface area contributed by atoms with E-state index in [0.717, 1.165) is 83.1 Å². The first kappa shape index (κ1) is 38.5. The highest BCUT2D eigenvalue weighted by Gasteiger charge is 2.27. The SMILES string of the molecule is c1ccc(-c2nc(-c3cccc(-n4c5ccccc5c5ccccc54)c3)nc(-n3c4ccccc4c4c3cc(-n3c5ccccc5c5ccccc53)c3c5ccccc5n(-c5ccccc5)c34)n2)cc1. The Kier molecular flexibility index (Phi) is 8.23. The molecule has 0 fully saturated rings. The lowest BCUT2D eigenvalue weighted by Crippen LogP contribution is -2.07. The number of para-hydroxylation sites is 7. The minimum Gasteiger partial charge on any atom is -0.309 e. The Hall–Kier alpha value is -9.59. The molecule has 0 aliphatic heterocycles. The predicted molar refractivity (Wildman–Crippen MR) is 288 cm³/mol. The minimum atomic E-state index is 0.534. The second-order valence-corrected chi connectivity index (χ2v) is 18.0. The standard InChI is InChI=1S/C63H39N7/c1-3-20-40(21-4-1)61-64-62(41-22-19-25-43(38-41)67-50-32-13-7-26-44(50)45-27-8-14-33-51(45)67)66-63(65-61)70-55-37-18-12-31-49(55)59-57(70)39-56(69-52-34-15-9-28-46(52)47-29-10-16-35-53(47)69)58-48-30-11-17-36-54(48)68(60(58)59)42-23-5-2-6-24-42/h1-39H. The van der Waals surface area contributed by atoms with E-state index >= 15 is 0 Å². The maximum absolute atomic E-state index is 5.53. The van der Waals surface area contributed by atoms with Gasteiger partial charge < -0.3 is 13.7 Å². The molecule has 5 heterocycles. The van der Waals surface area contributed by atoms with Crippen molar-refractivity contribution in [2.24, 2.45) is 0 Å². The highest BCUT2D eigenvalue weighted by molar-refractivity contribution is 6.29. The summed E-state index contributed by atoms with van der Waals surface area (Å²) in [5.41, 5.74) is 13.8. The van der Waals surface area contributed by atoms with Crippen LogP contribution in [0.15, 0.2) is 237 Å². The maximum atomic E-state index is 5.53. The first-order valence-electron chi connectivity index (χ1n) is 23.7. The van der Waals surface area contributed by atoms with Crippen molar-refractivity contribution >= 4 is 87.2 Å². The van der Waals surface area contributed by atoms with Crippen molar-refractivity contribution in [1.29, 1.82) is 0 Å². The average Bonchev–Trinajstić information content (AvgIpc) is 4.17. The van der Waals surface area contributed by atoms with Crippen LogP contribution in [-0.4, -0.2) is 33.2 Å². The molecule has 15 aromatic rings. The smallest absolute Gasteiger partial charge is 0.238 e. The van der Waals surface area contributed by atoms with Crippen LogP contribution in [-0.2, 0) is 0 Å². The average molecular weight is 894 g/mol. The normalized spacial score (nSPS) is 12.0. The van der Waals surface area contributed by atoms with E-state index in [1.807, 2.05) is 18.2 Å². The Morgan fingerprint density at radius 2 is 0.671 bits per heavy atom. The van der Waals surface area contributed by atoms with E-state index in [2.05, 4.69) is 237 Å². The van der Waals surface area contributed by atoms with Gasteiger partial charge in [-0.1, -0.05) is 170 Å². The zero-order valence-electron chi connectivity index (χ0n) is 37.6. The van der Waals surface area contributed by atoms with E-state index in [1.165, 1.54) is 32.3 Å². The topological polar surface area (TPSA) is 58.4 Å². The van der Waals surface area contributed by atoms with Gasteiger partial charge in [0.1, 0.15) is 0 Å². The minimum absolute atomic E-state index is 0.534. The summed E-state index contributed by atoms with van der Waals surface area (Å²) < 4.78 is 9.53. The Morgan fingerprint density at radius 1 is 0.257 bits per heavy atom. The summed E-state index contributed by atoms with van der Waals surface area (Å²) in [5.74, 6) is 1.71. The number of rotatable bonds is 6. The van der Waals surface area contributed by atoms with E-state index in [1.54, 1.807) is 0 Å². The van der Waals surface area contributed by atoms with Gasteiger partial charge in [0.25, 0.3) is 0 Å². The lowest BCUT2D eigenvalue weighted by molar-refractivity contribution is 0.952. The largest absolute Gasteiger partial charge is 0.309 e. The third kappa shape index (κ3) is 5.54.